The van der Waals surface area contributed by atoms with Crippen molar-refractivity contribution < 1.29 is 9.13 Å². The van der Waals surface area contributed by atoms with Crippen LogP contribution in [0.5, 0.6) is 5.75 Å². The Hall–Kier alpha value is -1.94. The molecule has 1 aromatic heterocycles. The number of aryl methyl sites for hydroxylation is 1. The molecule has 0 bridgehead atoms. The molecule has 1 atom stereocenters. The average molecular weight is 274 g/mol. The fourth-order valence-corrected chi connectivity index (χ4v) is 2.16. The number of pyridine rings is 1. The van der Waals surface area contributed by atoms with E-state index in [0.717, 1.165) is 12.8 Å². The van der Waals surface area contributed by atoms with Gasteiger partial charge >= 0.3 is 0 Å². The molecule has 2 aromatic rings. The van der Waals surface area contributed by atoms with Crippen molar-refractivity contribution in [1.82, 2.24) is 4.98 Å². The van der Waals surface area contributed by atoms with Gasteiger partial charge in [0.05, 0.1) is 7.11 Å². The zero-order valence-corrected chi connectivity index (χ0v) is 11.6. The van der Waals surface area contributed by atoms with Crippen LogP contribution in [0.1, 0.15) is 17.5 Å². The Morgan fingerprint density at radius 3 is 2.70 bits per heavy atom. The van der Waals surface area contributed by atoms with E-state index >= 15 is 0 Å². The van der Waals surface area contributed by atoms with E-state index in [1.54, 1.807) is 30.6 Å². The maximum atomic E-state index is 14.0. The van der Waals surface area contributed by atoms with E-state index in [4.69, 9.17) is 10.5 Å². The number of methoxy groups -OCH3 is 1. The molecule has 2 N–H and O–H groups in total. The fourth-order valence-electron chi connectivity index (χ4n) is 2.16. The van der Waals surface area contributed by atoms with Crippen molar-refractivity contribution in [1.29, 1.82) is 0 Å². The lowest BCUT2D eigenvalue weighted by molar-refractivity contribution is 0.383. The molecule has 106 valence electrons. The van der Waals surface area contributed by atoms with Gasteiger partial charge in [0.25, 0.3) is 0 Å². The van der Waals surface area contributed by atoms with Crippen molar-refractivity contribution in [3.05, 3.63) is 59.7 Å². The summed E-state index contributed by atoms with van der Waals surface area (Å²) in [5.41, 5.74) is 7.89. The minimum Gasteiger partial charge on any atom is -0.494 e. The van der Waals surface area contributed by atoms with E-state index < -0.39 is 0 Å². The minimum absolute atomic E-state index is 0.0789. The molecular formula is C16H19FN2O. The van der Waals surface area contributed by atoms with Gasteiger partial charge in [0, 0.05) is 18.4 Å². The number of nitrogens with two attached hydrogens (primary N) is 1. The molecule has 2 rings (SSSR count). The highest BCUT2D eigenvalue weighted by atomic mass is 19.1. The summed E-state index contributed by atoms with van der Waals surface area (Å²) in [6.45, 7) is 0. The Morgan fingerprint density at radius 2 is 2.00 bits per heavy atom. The van der Waals surface area contributed by atoms with Gasteiger partial charge in [-0.1, -0.05) is 12.1 Å². The summed E-state index contributed by atoms with van der Waals surface area (Å²) in [6, 6.07) is 9.01. The van der Waals surface area contributed by atoms with E-state index in [1.165, 1.54) is 12.7 Å². The molecule has 1 unspecified atom stereocenters. The number of halogens is 1. The Morgan fingerprint density at radius 1 is 1.25 bits per heavy atom. The Labute approximate surface area is 118 Å². The van der Waals surface area contributed by atoms with Crippen molar-refractivity contribution in [3.8, 4) is 5.75 Å². The number of benzene rings is 1. The highest BCUT2D eigenvalue weighted by molar-refractivity contribution is 5.31. The van der Waals surface area contributed by atoms with Crippen LogP contribution in [0.2, 0.25) is 0 Å². The summed E-state index contributed by atoms with van der Waals surface area (Å²) in [5, 5.41) is 0. The highest BCUT2D eigenvalue weighted by Gasteiger charge is 2.12. The molecule has 1 aromatic carbocycles. The van der Waals surface area contributed by atoms with Gasteiger partial charge in [0.15, 0.2) is 11.6 Å². The predicted molar refractivity (Wildman–Crippen MR) is 77.2 cm³/mol. The maximum absolute atomic E-state index is 14.0. The second kappa shape index (κ2) is 7.01. The first-order chi connectivity index (χ1) is 9.70. The first-order valence-electron chi connectivity index (χ1n) is 6.66. The second-order valence-electron chi connectivity index (χ2n) is 4.79. The molecule has 1 heterocycles. The third-order valence-electron chi connectivity index (χ3n) is 3.30. The largest absolute Gasteiger partial charge is 0.494 e. The standard InChI is InChI=1S/C16H19FN2O/c1-20-15-4-2-3-13(16(15)17)11-14(18)6-5-12-7-9-19-10-8-12/h2-4,7-10,14H,5-6,11,18H2,1H3. The molecule has 0 aliphatic rings. The molecule has 0 aliphatic carbocycles. The van der Waals surface area contributed by atoms with E-state index in [-0.39, 0.29) is 17.6 Å². The topological polar surface area (TPSA) is 48.1 Å². The zero-order valence-electron chi connectivity index (χ0n) is 11.6. The molecule has 0 aliphatic heterocycles. The first-order valence-corrected chi connectivity index (χ1v) is 6.66. The van der Waals surface area contributed by atoms with Gasteiger partial charge in [0.2, 0.25) is 0 Å². The van der Waals surface area contributed by atoms with Crippen LogP contribution >= 0.6 is 0 Å². The number of nitrogens with zero attached hydrogens (tertiary/aromatic N) is 1. The van der Waals surface area contributed by atoms with Gasteiger partial charge in [-0.3, -0.25) is 4.98 Å². The summed E-state index contributed by atoms with van der Waals surface area (Å²) in [6.07, 6.45) is 5.72. The van der Waals surface area contributed by atoms with Crippen molar-refractivity contribution in [2.45, 2.75) is 25.3 Å². The van der Waals surface area contributed by atoms with Crippen LogP contribution in [0.15, 0.2) is 42.7 Å². The van der Waals surface area contributed by atoms with Gasteiger partial charge in [-0.2, -0.15) is 0 Å². The summed E-state index contributed by atoms with van der Waals surface area (Å²) >= 11 is 0. The molecule has 0 saturated carbocycles. The van der Waals surface area contributed by atoms with Crippen molar-refractivity contribution in [3.63, 3.8) is 0 Å². The highest BCUT2D eigenvalue weighted by Crippen LogP contribution is 2.21. The van der Waals surface area contributed by atoms with Gasteiger partial charge < -0.3 is 10.5 Å². The van der Waals surface area contributed by atoms with Gasteiger partial charge in [-0.15, -0.1) is 0 Å². The average Bonchev–Trinajstić information content (AvgIpc) is 2.48. The second-order valence-corrected chi connectivity index (χ2v) is 4.79. The van der Waals surface area contributed by atoms with E-state index in [9.17, 15) is 4.39 Å². The quantitative estimate of drug-likeness (QED) is 0.881. The van der Waals surface area contributed by atoms with Gasteiger partial charge in [0.1, 0.15) is 0 Å². The van der Waals surface area contributed by atoms with E-state index in [1.807, 2.05) is 12.1 Å². The van der Waals surface area contributed by atoms with E-state index in [0.29, 0.717) is 12.0 Å². The molecular weight excluding hydrogens is 255 g/mol. The number of hydrogen-bond acceptors (Lipinski definition) is 3. The summed E-state index contributed by atoms with van der Waals surface area (Å²) < 4.78 is 19.0. The Bertz CT molecular complexity index is 545. The van der Waals surface area contributed by atoms with Crippen LogP contribution in [0.4, 0.5) is 4.39 Å². The van der Waals surface area contributed by atoms with Crippen LogP contribution in [-0.4, -0.2) is 18.1 Å². The summed E-state index contributed by atoms with van der Waals surface area (Å²) in [4.78, 5) is 3.98. The fraction of sp³-hybridized carbons (Fsp3) is 0.312. The molecule has 0 spiro atoms. The normalized spacial score (nSPS) is 12.2. The zero-order chi connectivity index (χ0) is 14.4. The van der Waals surface area contributed by atoms with Crippen LogP contribution in [-0.2, 0) is 12.8 Å². The molecule has 0 amide bonds. The molecule has 4 heteroatoms. The van der Waals surface area contributed by atoms with Crippen LogP contribution in [0, 0.1) is 5.82 Å². The number of ether oxygens (including phenoxy) is 1. The Kier molecular flexibility index (Phi) is 5.07. The Balaban J connectivity index is 1.93. The number of rotatable bonds is 6. The van der Waals surface area contributed by atoms with Crippen molar-refractivity contribution in [2.75, 3.05) is 7.11 Å². The van der Waals surface area contributed by atoms with Crippen LogP contribution in [0.25, 0.3) is 0 Å². The lowest BCUT2D eigenvalue weighted by atomic mass is 9.99. The van der Waals surface area contributed by atoms with Crippen molar-refractivity contribution in [2.24, 2.45) is 5.73 Å². The number of aromatic nitrogens is 1. The lowest BCUT2D eigenvalue weighted by Gasteiger charge is -2.13. The van der Waals surface area contributed by atoms with E-state index in [2.05, 4.69) is 4.98 Å². The van der Waals surface area contributed by atoms with Gasteiger partial charge in [-0.25, -0.2) is 4.39 Å². The van der Waals surface area contributed by atoms with Crippen molar-refractivity contribution >= 4 is 0 Å². The minimum atomic E-state index is -0.311. The molecule has 3 nitrogen and oxygen atoms in total. The summed E-state index contributed by atoms with van der Waals surface area (Å²) in [5.74, 6) is -0.0433. The number of hydrogen-bond donors (Lipinski definition) is 1. The third kappa shape index (κ3) is 3.78. The molecule has 0 radical (unpaired) electrons. The van der Waals surface area contributed by atoms with Gasteiger partial charge in [-0.05, 0) is 48.6 Å². The third-order valence-corrected chi connectivity index (χ3v) is 3.30. The lowest BCUT2D eigenvalue weighted by Crippen LogP contribution is -2.24. The SMILES string of the molecule is COc1cccc(CC(N)CCc2ccncc2)c1F. The molecule has 0 saturated heterocycles. The first kappa shape index (κ1) is 14.5. The molecule has 20 heavy (non-hydrogen) atoms. The smallest absolute Gasteiger partial charge is 0.168 e. The maximum Gasteiger partial charge on any atom is 0.168 e. The predicted octanol–water partition coefficient (Wildman–Crippen LogP) is 2.73. The molecule has 0 fully saturated rings. The van der Waals surface area contributed by atoms with Crippen LogP contribution in [0.3, 0.4) is 0 Å². The van der Waals surface area contributed by atoms with Crippen LogP contribution < -0.4 is 10.5 Å². The summed E-state index contributed by atoms with van der Waals surface area (Å²) in [7, 11) is 1.46. The monoisotopic (exact) mass is 274 g/mol.